The third kappa shape index (κ3) is 3.09. The van der Waals surface area contributed by atoms with E-state index in [9.17, 15) is 9.90 Å². The van der Waals surface area contributed by atoms with Crippen molar-refractivity contribution in [2.75, 3.05) is 18.0 Å². The third-order valence-corrected chi connectivity index (χ3v) is 5.81. The van der Waals surface area contributed by atoms with E-state index in [1.54, 1.807) is 0 Å². The van der Waals surface area contributed by atoms with E-state index < -0.39 is 0 Å². The zero-order valence-corrected chi connectivity index (χ0v) is 14.1. The number of hydrogen-bond acceptors (Lipinski definition) is 3. The fraction of sp³-hybridized carbons (Fsp3) is 0.632. The molecular formula is C19H27N3O2. The minimum Gasteiger partial charge on any atom is -0.393 e. The van der Waals surface area contributed by atoms with E-state index in [1.807, 2.05) is 11.0 Å². The highest BCUT2D eigenvalue weighted by Gasteiger charge is 2.43. The van der Waals surface area contributed by atoms with Crippen LogP contribution in [0.4, 0.5) is 10.5 Å². The lowest BCUT2D eigenvalue weighted by Gasteiger charge is -2.40. The zero-order chi connectivity index (χ0) is 16.5. The molecule has 0 aromatic heterocycles. The summed E-state index contributed by atoms with van der Waals surface area (Å²) in [4.78, 5) is 17.2. The zero-order valence-electron chi connectivity index (χ0n) is 14.1. The Morgan fingerprint density at radius 2 is 1.79 bits per heavy atom. The van der Waals surface area contributed by atoms with Gasteiger partial charge >= 0.3 is 6.03 Å². The summed E-state index contributed by atoms with van der Waals surface area (Å²) in [6, 6.07) is 11.2. The largest absolute Gasteiger partial charge is 0.393 e. The second-order valence-corrected chi connectivity index (χ2v) is 7.49. The fourth-order valence-electron chi connectivity index (χ4n) is 4.70. The van der Waals surface area contributed by atoms with E-state index in [1.165, 1.54) is 5.69 Å². The van der Waals surface area contributed by atoms with Gasteiger partial charge in [-0.25, -0.2) is 4.79 Å². The maximum absolute atomic E-state index is 12.8. The number of hydrogen-bond donors (Lipinski definition) is 2. The molecule has 2 amide bonds. The molecule has 5 heteroatoms. The number of nitrogens with zero attached hydrogens (tertiary/aromatic N) is 2. The summed E-state index contributed by atoms with van der Waals surface area (Å²) in [5.74, 6) is 0. The van der Waals surface area contributed by atoms with E-state index in [0.717, 1.165) is 51.6 Å². The lowest BCUT2D eigenvalue weighted by Crippen LogP contribution is -2.56. The van der Waals surface area contributed by atoms with E-state index in [0.29, 0.717) is 0 Å². The molecule has 3 atom stereocenters. The Morgan fingerprint density at radius 3 is 2.50 bits per heavy atom. The number of para-hydroxylation sites is 1. The van der Waals surface area contributed by atoms with Crippen molar-refractivity contribution in [2.45, 2.75) is 62.8 Å². The van der Waals surface area contributed by atoms with Gasteiger partial charge < -0.3 is 20.2 Å². The molecule has 3 heterocycles. The smallest absolute Gasteiger partial charge is 0.318 e. The minimum absolute atomic E-state index is 0.0781. The number of rotatable bonds is 2. The van der Waals surface area contributed by atoms with Gasteiger partial charge in [-0.2, -0.15) is 0 Å². The molecule has 5 nitrogen and oxygen atoms in total. The number of urea groups is 1. The van der Waals surface area contributed by atoms with Crippen molar-refractivity contribution in [2.24, 2.45) is 0 Å². The molecule has 0 saturated carbocycles. The average molecular weight is 329 g/mol. The minimum atomic E-state index is -0.227. The Labute approximate surface area is 143 Å². The predicted molar refractivity (Wildman–Crippen MR) is 94.1 cm³/mol. The van der Waals surface area contributed by atoms with Crippen LogP contribution in [0.2, 0.25) is 0 Å². The van der Waals surface area contributed by atoms with Crippen LogP contribution in [0.15, 0.2) is 30.3 Å². The summed E-state index contributed by atoms with van der Waals surface area (Å²) < 4.78 is 0. The van der Waals surface area contributed by atoms with Gasteiger partial charge in [0.2, 0.25) is 0 Å². The number of aliphatic hydroxyl groups excluding tert-OH is 1. The van der Waals surface area contributed by atoms with Gasteiger partial charge in [0.25, 0.3) is 0 Å². The maximum Gasteiger partial charge on any atom is 0.318 e. The first-order valence-electron chi connectivity index (χ1n) is 9.27. The molecular weight excluding hydrogens is 302 g/mol. The van der Waals surface area contributed by atoms with Gasteiger partial charge in [0.15, 0.2) is 0 Å². The Bertz CT molecular complexity index is 565. The van der Waals surface area contributed by atoms with Crippen molar-refractivity contribution >= 4 is 11.7 Å². The van der Waals surface area contributed by atoms with Crippen LogP contribution in [0.25, 0.3) is 0 Å². The molecule has 3 fully saturated rings. The molecule has 0 radical (unpaired) electrons. The fourth-order valence-corrected chi connectivity index (χ4v) is 4.70. The highest BCUT2D eigenvalue weighted by molar-refractivity contribution is 5.76. The summed E-state index contributed by atoms with van der Waals surface area (Å²) in [5, 5.41) is 13.2. The number of benzene rings is 1. The SMILES string of the molecule is O=C(N[C@H]1CCCN(c2ccccc2)C1)N1C2CCC1CC(O)C2. The van der Waals surface area contributed by atoms with Crippen molar-refractivity contribution in [3.05, 3.63) is 30.3 Å². The molecule has 4 rings (SSSR count). The average Bonchev–Trinajstić information content (AvgIpc) is 2.88. The van der Waals surface area contributed by atoms with E-state index in [-0.39, 0.29) is 30.3 Å². The summed E-state index contributed by atoms with van der Waals surface area (Å²) in [5.41, 5.74) is 1.23. The summed E-state index contributed by atoms with van der Waals surface area (Å²) >= 11 is 0. The number of carbonyl (C=O) groups is 1. The Balaban J connectivity index is 1.38. The topological polar surface area (TPSA) is 55.8 Å². The monoisotopic (exact) mass is 329 g/mol. The molecule has 3 aliphatic heterocycles. The van der Waals surface area contributed by atoms with E-state index in [2.05, 4.69) is 34.5 Å². The maximum atomic E-state index is 12.8. The molecule has 2 unspecified atom stereocenters. The predicted octanol–water partition coefficient (Wildman–Crippen LogP) is 2.35. The van der Waals surface area contributed by atoms with Crippen LogP contribution < -0.4 is 10.2 Å². The highest BCUT2D eigenvalue weighted by atomic mass is 16.3. The van der Waals surface area contributed by atoms with Crippen LogP contribution in [0.5, 0.6) is 0 Å². The lowest BCUT2D eigenvalue weighted by molar-refractivity contribution is 0.0533. The van der Waals surface area contributed by atoms with Crippen LogP contribution in [-0.4, -0.2) is 53.4 Å². The Morgan fingerprint density at radius 1 is 1.08 bits per heavy atom. The number of anilines is 1. The molecule has 0 aliphatic carbocycles. The van der Waals surface area contributed by atoms with Crippen LogP contribution in [0.3, 0.4) is 0 Å². The number of nitrogens with one attached hydrogen (secondary N) is 1. The van der Waals surface area contributed by atoms with Gasteiger partial charge in [-0.1, -0.05) is 18.2 Å². The quantitative estimate of drug-likeness (QED) is 0.876. The first-order valence-corrected chi connectivity index (χ1v) is 9.27. The summed E-state index contributed by atoms with van der Waals surface area (Å²) in [6.45, 7) is 1.93. The standard InChI is InChI=1S/C19H27N3O2/c23-18-11-16-8-9-17(12-18)22(16)19(24)20-14-5-4-10-21(13-14)15-6-2-1-3-7-15/h1-3,6-7,14,16-18,23H,4-5,8-13H2,(H,20,24)/t14-,16?,17?,18?/m0/s1. The van der Waals surface area contributed by atoms with E-state index >= 15 is 0 Å². The first-order chi connectivity index (χ1) is 11.7. The van der Waals surface area contributed by atoms with Crippen LogP contribution in [-0.2, 0) is 0 Å². The van der Waals surface area contributed by atoms with Crippen LogP contribution in [0, 0.1) is 0 Å². The van der Waals surface area contributed by atoms with Gasteiger partial charge in [0.1, 0.15) is 0 Å². The number of carbonyl (C=O) groups excluding carboxylic acids is 1. The molecule has 3 aliphatic rings. The van der Waals surface area contributed by atoms with Gasteiger partial charge in [-0.3, -0.25) is 0 Å². The van der Waals surface area contributed by atoms with Gasteiger partial charge in [0, 0.05) is 36.9 Å². The summed E-state index contributed by atoms with van der Waals surface area (Å²) in [6.07, 6.45) is 5.47. The van der Waals surface area contributed by atoms with E-state index in [4.69, 9.17) is 0 Å². The van der Waals surface area contributed by atoms with Gasteiger partial charge in [-0.15, -0.1) is 0 Å². The van der Waals surface area contributed by atoms with Gasteiger partial charge in [0.05, 0.1) is 6.10 Å². The molecule has 0 spiro atoms. The molecule has 1 aromatic carbocycles. The lowest BCUT2D eigenvalue weighted by atomic mass is 10.00. The normalized spacial score (nSPS) is 32.7. The Kier molecular flexibility index (Phi) is 4.35. The first kappa shape index (κ1) is 15.8. The second kappa shape index (κ2) is 6.63. The van der Waals surface area contributed by atoms with Crippen LogP contribution >= 0.6 is 0 Å². The van der Waals surface area contributed by atoms with Crippen molar-refractivity contribution in [3.8, 4) is 0 Å². The molecule has 130 valence electrons. The highest BCUT2D eigenvalue weighted by Crippen LogP contribution is 2.35. The Hall–Kier alpha value is -1.75. The molecule has 24 heavy (non-hydrogen) atoms. The second-order valence-electron chi connectivity index (χ2n) is 7.49. The van der Waals surface area contributed by atoms with Crippen molar-refractivity contribution in [1.29, 1.82) is 0 Å². The molecule has 2 bridgehead atoms. The number of fused-ring (bicyclic) bond motifs is 2. The number of amides is 2. The molecule has 2 N–H and O–H groups in total. The van der Waals surface area contributed by atoms with Gasteiger partial charge in [-0.05, 0) is 50.7 Å². The molecule has 1 aromatic rings. The summed E-state index contributed by atoms with van der Waals surface area (Å²) in [7, 11) is 0. The third-order valence-electron chi connectivity index (χ3n) is 5.81. The number of piperidine rings is 2. The van der Waals surface area contributed by atoms with Crippen molar-refractivity contribution < 1.29 is 9.90 Å². The number of aliphatic hydroxyl groups is 1. The van der Waals surface area contributed by atoms with Crippen molar-refractivity contribution in [3.63, 3.8) is 0 Å². The van der Waals surface area contributed by atoms with Crippen LogP contribution in [0.1, 0.15) is 38.5 Å². The van der Waals surface area contributed by atoms with Crippen molar-refractivity contribution in [1.82, 2.24) is 10.2 Å². The molecule has 3 saturated heterocycles.